The molecule has 2 atom stereocenters. The molecule has 0 saturated heterocycles. The lowest BCUT2D eigenvalue weighted by atomic mass is 9.67. The summed E-state index contributed by atoms with van der Waals surface area (Å²) in [7, 11) is 0. The van der Waals surface area contributed by atoms with Crippen molar-refractivity contribution >= 4 is 23.8 Å². The topological polar surface area (TPSA) is 119 Å². The highest BCUT2D eigenvalue weighted by molar-refractivity contribution is 5.91. The molecule has 0 aromatic heterocycles. The lowest BCUT2D eigenvalue weighted by Gasteiger charge is -2.36. The number of carboxylic acid groups (broad SMARTS) is 1. The summed E-state index contributed by atoms with van der Waals surface area (Å²) in [5, 5.41) is 12.5. The van der Waals surface area contributed by atoms with Crippen LogP contribution in [0.15, 0.2) is 91.0 Å². The van der Waals surface area contributed by atoms with Crippen molar-refractivity contribution in [2.75, 3.05) is 13.2 Å². The fourth-order valence-electron chi connectivity index (χ4n) is 4.76. The smallest absolute Gasteiger partial charge is 0.327 e. The molecule has 0 saturated carbocycles. The number of carbonyl (C=O) groups excluding carboxylic acids is 3. The summed E-state index contributed by atoms with van der Waals surface area (Å²) >= 11 is 0. The highest BCUT2D eigenvalue weighted by Gasteiger charge is 2.42. The van der Waals surface area contributed by atoms with Crippen LogP contribution in [-0.2, 0) is 34.1 Å². The Balaban J connectivity index is 2.06. The van der Waals surface area contributed by atoms with Gasteiger partial charge in [-0.25, -0.2) is 4.79 Å². The number of carboxylic acids is 1. The van der Waals surface area contributed by atoms with Gasteiger partial charge in [0.1, 0.15) is 6.04 Å². The first kappa shape index (κ1) is 29.1. The molecule has 0 unspecified atom stereocenters. The molecule has 0 radical (unpaired) electrons. The molecule has 0 heterocycles. The molecular formula is C31H33NO7. The number of hydrogen-bond acceptors (Lipinski definition) is 6. The van der Waals surface area contributed by atoms with Crippen molar-refractivity contribution in [2.24, 2.45) is 5.92 Å². The summed E-state index contributed by atoms with van der Waals surface area (Å²) in [6.07, 6.45) is -0.713. The number of hydrogen-bond donors (Lipinski definition) is 2. The van der Waals surface area contributed by atoms with E-state index in [9.17, 15) is 24.3 Å². The Morgan fingerprint density at radius 3 is 1.56 bits per heavy atom. The van der Waals surface area contributed by atoms with Gasteiger partial charge in [0.25, 0.3) is 0 Å². The Morgan fingerprint density at radius 2 is 1.18 bits per heavy atom. The summed E-state index contributed by atoms with van der Waals surface area (Å²) in [5.41, 5.74) is 1.52. The number of carbonyl (C=O) groups is 4. The third kappa shape index (κ3) is 7.10. The molecule has 2 N–H and O–H groups in total. The SMILES string of the molecule is CCOC(=O)C[C@@H](C(=O)OCC)[C@H](NC(=O)CC(c1ccccc1)(c1ccccc1)c1ccccc1)C(=O)O. The Hall–Kier alpha value is -4.46. The van der Waals surface area contributed by atoms with Crippen LogP contribution in [0.3, 0.4) is 0 Å². The van der Waals surface area contributed by atoms with Crippen molar-refractivity contribution in [1.82, 2.24) is 5.32 Å². The minimum Gasteiger partial charge on any atom is -0.480 e. The molecule has 39 heavy (non-hydrogen) atoms. The first-order valence-corrected chi connectivity index (χ1v) is 12.8. The average Bonchev–Trinajstić information content (AvgIpc) is 2.95. The van der Waals surface area contributed by atoms with Crippen LogP contribution in [-0.4, -0.2) is 48.2 Å². The largest absolute Gasteiger partial charge is 0.480 e. The number of esters is 2. The maximum atomic E-state index is 13.7. The molecule has 0 bridgehead atoms. The van der Waals surface area contributed by atoms with Crippen molar-refractivity contribution < 1.29 is 33.8 Å². The van der Waals surface area contributed by atoms with Crippen molar-refractivity contribution in [3.8, 4) is 0 Å². The summed E-state index contributed by atoms with van der Waals surface area (Å²) < 4.78 is 9.98. The molecule has 3 aromatic rings. The fraction of sp³-hybridized carbons (Fsp3) is 0.290. The van der Waals surface area contributed by atoms with Gasteiger partial charge < -0.3 is 19.9 Å². The van der Waals surface area contributed by atoms with Crippen LogP contribution in [0, 0.1) is 5.92 Å². The van der Waals surface area contributed by atoms with Crippen molar-refractivity contribution in [3.63, 3.8) is 0 Å². The van der Waals surface area contributed by atoms with Crippen molar-refractivity contribution in [1.29, 1.82) is 0 Å². The van der Waals surface area contributed by atoms with E-state index in [1.165, 1.54) is 0 Å². The number of amides is 1. The summed E-state index contributed by atoms with van der Waals surface area (Å²) in [4.78, 5) is 51.0. The molecule has 0 spiro atoms. The Kier molecular flexibility index (Phi) is 10.4. The monoisotopic (exact) mass is 531 g/mol. The molecule has 1 amide bonds. The second kappa shape index (κ2) is 13.9. The Morgan fingerprint density at radius 1 is 0.744 bits per heavy atom. The van der Waals surface area contributed by atoms with Gasteiger partial charge in [0.15, 0.2) is 0 Å². The second-order valence-electron chi connectivity index (χ2n) is 8.93. The van der Waals surface area contributed by atoms with Crippen LogP contribution in [0.25, 0.3) is 0 Å². The van der Waals surface area contributed by atoms with Crippen LogP contribution in [0.1, 0.15) is 43.4 Å². The summed E-state index contributed by atoms with van der Waals surface area (Å²) in [6, 6.07) is 26.7. The quantitative estimate of drug-likeness (QED) is 0.252. The van der Waals surface area contributed by atoms with Gasteiger partial charge in [-0.1, -0.05) is 91.0 Å². The van der Waals surface area contributed by atoms with E-state index in [1.54, 1.807) is 13.8 Å². The van der Waals surface area contributed by atoms with Crippen LogP contribution >= 0.6 is 0 Å². The van der Waals surface area contributed by atoms with Gasteiger partial charge in [0.05, 0.1) is 31.0 Å². The van der Waals surface area contributed by atoms with Gasteiger partial charge in [0, 0.05) is 6.42 Å². The van der Waals surface area contributed by atoms with Crippen molar-refractivity contribution in [3.05, 3.63) is 108 Å². The number of ether oxygens (including phenoxy) is 2. The van der Waals surface area contributed by atoms with E-state index in [0.717, 1.165) is 16.7 Å². The minimum absolute atomic E-state index is 0.0163. The molecular weight excluding hydrogens is 498 g/mol. The zero-order chi connectivity index (χ0) is 28.3. The van der Waals surface area contributed by atoms with Crippen LogP contribution < -0.4 is 5.32 Å². The molecule has 0 aliphatic carbocycles. The van der Waals surface area contributed by atoms with E-state index in [2.05, 4.69) is 5.32 Å². The van der Waals surface area contributed by atoms with E-state index in [-0.39, 0.29) is 19.6 Å². The van der Waals surface area contributed by atoms with Crippen LogP contribution in [0.5, 0.6) is 0 Å². The lowest BCUT2D eigenvalue weighted by molar-refractivity contribution is -0.160. The van der Waals surface area contributed by atoms with Crippen LogP contribution in [0.2, 0.25) is 0 Å². The van der Waals surface area contributed by atoms with Gasteiger partial charge >= 0.3 is 17.9 Å². The number of benzene rings is 3. The van der Waals surface area contributed by atoms with Gasteiger partial charge in [-0.05, 0) is 30.5 Å². The molecule has 3 rings (SSSR count). The third-order valence-corrected chi connectivity index (χ3v) is 6.49. The number of aliphatic carboxylic acids is 1. The number of rotatable bonds is 13. The van der Waals surface area contributed by atoms with E-state index in [0.29, 0.717) is 0 Å². The highest BCUT2D eigenvalue weighted by Crippen LogP contribution is 2.42. The lowest BCUT2D eigenvalue weighted by Crippen LogP contribution is -2.51. The highest BCUT2D eigenvalue weighted by atomic mass is 16.5. The molecule has 0 fully saturated rings. The van der Waals surface area contributed by atoms with Crippen LogP contribution in [0.4, 0.5) is 0 Å². The maximum Gasteiger partial charge on any atom is 0.327 e. The Labute approximate surface area is 228 Å². The van der Waals surface area contributed by atoms with Gasteiger partial charge in [-0.3, -0.25) is 14.4 Å². The second-order valence-corrected chi connectivity index (χ2v) is 8.93. The minimum atomic E-state index is -1.71. The predicted molar refractivity (Wildman–Crippen MR) is 145 cm³/mol. The molecule has 3 aromatic carbocycles. The van der Waals surface area contributed by atoms with Gasteiger partial charge in [0.2, 0.25) is 5.91 Å². The Bertz CT molecular complexity index is 1150. The normalized spacial score (nSPS) is 12.6. The van der Waals surface area contributed by atoms with E-state index < -0.39 is 47.6 Å². The fourth-order valence-corrected chi connectivity index (χ4v) is 4.76. The third-order valence-electron chi connectivity index (χ3n) is 6.49. The van der Waals surface area contributed by atoms with E-state index in [4.69, 9.17) is 9.47 Å². The molecule has 0 aliphatic heterocycles. The number of nitrogens with one attached hydrogen (secondary N) is 1. The van der Waals surface area contributed by atoms with E-state index in [1.807, 2.05) is 91.0 Å². The molecule has 0 aliphatic rings. The molecule has 204 valence electrons. The van der Waals surface area contributed by atoms with Gasteiger partial charge in [-0.2, -0.15) is 0 Å². The van der Waals surface area contributed by atoms with Crippen molar-refractivity contribution in [2.45, 2.75) is 38.1 Å². The first-order chi connectivity index (χ1) is 18.8. The zero-order valence-corrected chi connectivity index (χ0v) is 22.0. The summed E-state index contributed by atoms with van der Waals surface area (Å²) in [5.74, 6) is -5.21. The molecule has 8 heteroatoms. The first-order valence-electron chi connectivity index (χ1n) is 12.8. The standard InChI is InChI=1S/C31H33NO7/c1-3-38-27(34)20-25(30(37)39-4-2)28(29(35)36)32-26(33)21-31(22-14-8-5-9-15-22,23-16-10-6-11-17-23)24-18-12-7-13-19-24/h5-19,25,28H,3-4,20-21H2,1-2H3,(H,32,33)(H,35,36)/t25-,28+/m1/s1. The summed E-state index contributed by atoms with van der Waals surface area (Å²) in [6.45, 7) is 3.22. The predicted octanol–water partition coefficient (Wildman–Crippen LogP) is 4.11. The maximum absolute atomic E-state index is 13.7. The van der Waals surface area contributed by atoms with Gasteiger partial charge in [-0.15, -0.1) is 0 Å². The zero-order valence-electron chi connectivity index (χ0n) is 22.0. The molecule has 8 nitrogen and oxygen atoms in total. The average molecular weight is 532 g/mol. The van der Waals surface area contributed by atoms with E-state index >= 15 is 0 Å².